The summed E-state index contributed by atoms with van der Waals surface area (Å²) in [5, 5.41) is 9.71. The average molecular weight is 342 g/mol. The summed E-state index contributed by atoms with van der Waals surface area (Å²) < 4.78 is 32.5. The number of rotatable bonds is 6. The van der Waals surface area contributed by atoms with Crippen LogP contribution < -0.4 is 14.4 Å². The fourth-order valence-corrected chi connectivity index (χ4v) is 3.70. The van der Waals surface area contributed by atoms with Gasteiger partial charge in [0.05, 0.1) is 12.7 Å². The van der Waals surface area contributed by atoms with E-state index in [1.54, 1.807) is 11.0 Å². The first-order valence-electron chi connectivity index (χ1n) is 7.34. The molecule has 1 aromatic carbocycles. The maximum Gasteiger partial charge on any atom is 0.244 e. The highest BCUT2D eigenvalue weighted by Crippen LogP contribution is 2.30. The lowest BCUT2D eigenvalue weighted by Crippen LogP contribution is -2.38. The Morgan fingerprint density at radius 1 is 1.39 bits per heavy atom. The van der Waals surface area contributed by atoms with Crippen LogP contribution in [0.25, 0.3) is 0 Å². The Kier molecular flexibility index (Phi) is 4.98. The number of anilines is 1. The molecule has 1 fully saturated rings. The largest absolute Gasteiger partial charge is 0.495 e. The van der Waals surface area contributed by atoms with E-state index in [2.05, 4.69) is 4.72 Å². The monoisotopic (exact) mass is 342 g/mol. The van der Waals surface area contributed by atoms with Gasteiger partial charge in [-0.1, -0.05) is 0 Å². The number of carbonyl (C=O) groups is 1. The first-order chi connectivity index (χ1) is 10.6. The van der Waals surface area contributed by atoms with Crippen molar-refractivity contribution < 1.29 is 23.1 Å². The number of nitrogens with one attached hydrogen (secondary N) is 1. The van der Waals surface area contributed by atoms with E-state index >= 15 is 0 Å². The molecule has 0 saturated carbocycles. The number of nitrogens with zero attached hydrogens (tertiary/aromatic N) is 1. The zero-order chi connectivity index (χ0) is 17.3. The Bertz CT molecular complexity index is 694. The van der Waals surface area contributed by atoms with Crippen LogP contribution in [0.4, 0.5) is 5.69 Å². The van der Waals surface area contributed by atoms with E-state index in [1.165, 1.54) is 33.1 Å². The van der Waals surface area contributed by atoms with Crippen molar-refractivity contribution in [2.24, 2.45) is 0 Å². The average Bonchev–Trinajstić information content (AvgIpc) is 2.90. The number of aliphatic hydroxyl groups is 1. The molecule has 0 unspecified atom stereocenters. The van der Waals surface area contributed by atoms with Crippen LogP contribution in [0.1, 0.15) is 26.7 Å². The predicted octanol–water partition coefficient (Wildman–Crippen LogP) is 0.871. The Balaban J connectivity index is 2.37. The van der Waals surface area contributed by atoms with Crippen LogP contribution in [-0.2, 0) is 14.8 Å². The van der Waals surface area contributed by atoms with Crippen LogP contribution in [0.15, 0.2) is 23.1 Å². The van der Waals surface area contributed by atoms with Crippen molar-refractivity contribution in [2.45, 2.75) is 37.2 Å². The summed E-state index contributed by atoms with van der Waals surface area (Å²) in [5.74, 6) is 0.159. The number of methoxy groups -OCH3 is 1. The molecule has 0 radical (unpaired) electrons. The highest BCUT2D eigenvalue weighted by atomic mass is 32.2. The molecule has 23 heavy (non-hydrogen) atoms. The van der Waals surface area contributed by atoms with Gasteiger partial charge in [-0.15, -0.1) is 0 Å². The van der Waals surface area contributed by atoms with Gasteiger partial charge in [0.2, 0.25) is 15.9 Å². The quantitative estimate of drug-likeness (QED) is 0.800. The molecule has 1 aromatic rings. The normalized spacial score (nSPS) is 16.0. The van der Waals surface area contributed by atoms with Gasteiger partial charge in [0.25, 0.3) is 0 Å². The lowest BCUT2D eigenvalue weighted by atomic mass is 10.1. The molecule has 2 N–H and O–H groups in total. The molecule has 1 heterocycles. The third kappa shape index (κ3) is 4.21. The van der Waals surface area contributed by atoms with E-state index < -0.39 is 15.6 Å². The molecule has 128 valence electrons. The number of hydrogen-bond acceptors (Lipinski definition) is 5. The summed E-state index contributed by atoms with van der Waals surface area (Å²) >= 11 is 0. The first-order valence-corrected chi connectivity index (χ1v) is 8.83. The van der Waals surface area contributed by atoms with Crippen molar-refractivity contribution in [1.82, 2.24) is 4.72 Å². The van der Waals surface area contributed by atoms with Crippen molar-refractivity contribution in [3.05, 3.63) is 18.2 Å². The maximum absolute atomic E-state index is 12.5. The molecule has 1 saturated heterocycles. The topological polar surface area (TPSA) is 95.9 Å². The Labute approximate surface area is 136 Å². The third-order valence-corrected chi connectivity index (χ3v) is 4.94. The Morgan fingerprint density at radius 2 is 2.09 bits per heavy atom. The van der Waals surface area contributed by atoms with Gasteiger partial charge in [0.1, 0.15) is 10.6 Å². The van der Waals surface area contributed by atoms with Gasteiger partial charge in [-0.05, 0) is 38.5 Å². The predicted molar refractivity (Wildman–Crippen MR) is 86.1 cm³/mol. The second-order valence-electron chi connectivity index (χ2n) is 6.12. The number of amides is 1. The number of benzene rings is 1. The summed E-state index contributed by atoms with van der Waals surface area (Å²) in [5.41, 5.74) is -0.653. The molecule has 8 heteroatoms. The molecule has 1 aliphatic rings. The van der Waals surface area contributed by atoms with E-state index in [-0.39, 0.29) is 23.1 Å². The Morgan fingerprint density at radius 3 is 2.61 bits per heavy atom. The molecule has 0 bridgehead atoms. The standard InChI is InChI=1S/C15H22N2O5S/c1-15(2,19)10-16-23(20,21)13-9-11(6-7-12(13)22-3)17-8-4-5-14(17)18/h6-7,9,16,19H,4-5,8,10H2,1-3H3. The molecule has 1 amide bonds. The molecular formula is C15H22N2O5S. The van der Waals surface area contributed by atoms with E-state index in [1.807, 2.05) is 0 Å². The molecule has 0 spiro atoms. The number of carbonyl (C=O) groups excluding carboxylic acids is 1. The second kappa shape index (κ2) is 6.46. The van der Waals surface area contributed by atoms with Crippen molar-refractivity contribution in [3.63, 3.8) is 0 Å². The minimum atomic E-state index is -3.88. The summed E-state index contributed by atoms with van der Waals surface area (Å²) in [4.78, 5) is 13.4. The van der Waals surface area contributed by atoms with Gasteiger partial charge in [-0.2, -0.15) is 0 Å². The number of ether oxygens (including phenoxy) is 1. The SMILES string of the molecule is COc1ccc(N2CCCC2=O)cc1S(=O)(=O)NCC(C)(C)O. The first kappa shape index (κ1) is 17.7. The van der Waals surface area contributed by atoms with Crippen LogP contribution in [-0.4, -0.2) is 45.2 Å². The van der Waals surface area contributed by atoms with Gasteiger partial charge in [-0.25, -0.2) is 13.1 Å². The van der Waals surface area contributed by atoms with Gasteiger partial charge in [0.15, 0.2) is 0 Å². The second-order valence-corrected chi connectivity index (χ2v) is 7.86. The summed E-state index contributed by atoms with van der Waals surface area (Å²) in [6.07, 6.45) is 1.22. The van der Waals surface area contributed by atoms with Crippen LogP contribution in [0, 0.1) is 0 Å². The highest BCUT2D eigenvalue weighted by Gasteiger charge is 2.27. The Hall–Kier alpha value is -1.64. The van der Waals surface area contributed by atoms with E-state index in [0.29, 0.717) is 18.7 Å². The van der Waals surface area contributed by atoms with Gasteiger partial charge >= 0.3 is 0 Å². The summed E-state index contributed by atoms with van der Waals surface area (Å²) in [7, 11) is -2.50. The molecule has 0 aliphatic carbocycles. The molecule has 1 aliphatic heterocycles. The smallest absolute Gasteiger partial charge is 0.244 e. The van der Waals surface area contributed by atoms with Gasteiger partial charge in [-0.3, -0.25) is 4.79 Å². The van der Waals surface area contributed by atoms with Crippen LogP contribution in [0.5, 0.6) is 5.75 Å². The molecule has 0 atom stereocenters. The van der Waals surface area contributed by atoms with Crippen LogP contribution >= 0.6 is 0 Å². The lowest BCUT2D eigenvalue weighted by molar-refractivity contribution is -0.117. The van der Waals surface area contributed by atoms with E-state index in [0.717, 1.165) is 6.42 Å². The number of sulfonamides is 1. The van der Waals surface area contributed by atoms with Crippen LogP contribution in [0.2, 0.25) is 0 Å². The van der Waals surface area contributed by atoms with Crippen molar-refractivity contribution >= 4 is 21.6 Å². The lowest BCUT2D eigenvalue weighted by Gasteiger charge is -2.20. The number of hydrogen-bond donors (Lipinski definition) is 2. The third-order valence-electron chi connectivity index (χ3n) is 3.52. The summed E-state index contributed by atoms with van der Waals surface area (Å²) in [6, 6.07) is 4.62. The minimum Gasteiger partial charge on any atom is -0.495 e. The van der Waals surface area contributed by atoms with Gasteiger partial charge < -0.3 is 14.7 Å². The van der Waals surface area contributed by atoms with E-state index in [9.17, 15) is 18.3 Å². The van der Waals surface area contributed by atoms with Gasteiger partial charge in [0, 0.05) is 25.2 Å². The fraction of sp³-hybridized carbons (Fsp3) is 0.533. The minimum absolute atomic E-state index is 0.0250. The highest BCUT2D eigenvalue weighted by molar-refractivity contribution is 7.89. The molecule has 7 nitrogen and oxygen atoms in total. The van der Waals surface area contributed by atoms with Crippen molar-refractivity contribution in [1.29, 1.82) is 0 Å². The molecular weight excluding hydrogens is 320 g/mol. The molecule has 2 rings (SSSR count). The maximum atomic E-state index is 12.5. The van der Waals surface area contributed by atoms with Crippen molar-refractivity contribution in [2.75, 3.05) is 25.1 Å². The van der Waals surface area contributed by atoms with E-state index in [4.69, 9.17) is 4.74 Å². The fourth-order valence-electron chi connectivity index (χ4n) is 2.31. The summed E-state index contributed by atoms with van der Waals surface area (Å²) in [6.45, 7) is 3.45. The molecule has 0 aromatic heterocycles. The zero-order valence-electron chi connectivity index (χ0n) is 13.5. The van der Waals surface area contributed by atoms with Crippen LogP contribution in [0.3, 0.4) is 0 Å². The zero-order valence-corrected chi connectivity index (χ0v) is 14.3. The van der Waals surface area contributed by atoms with Crippen molar-refractivity contribution in [3.8, 4) is 5.75 Å².